The lowest BCUT2D eigenvalue weighted by molar-refractivity contribution is 0.155. The van der Waals surface area contributed by atoms with Gasteiger partial charge in [-0.05, 0) is 67.6 Å². The molecular formula is C15H24. The van der Waals surface area contributed by atoms with Crippen LogP contribution < -0.4 is 0 Å². The summed E-state index contributed by atoms with van der Waals surface area (Å²) in [6, 6.07) is 0. The molecule has 0 aromatic heterocycles. The van der Waals surface area contributed by atoms with Gasteiger partial charge < -0.3 is 0 Å². The van der Waals surface area contributed by atoms with E-state index in [0.717, 1.165) is 35.0 Å². The number of rotatable bonds is 1. The third-order valence-electron chi connectivity index (χ3n) is 6.28. The highest BCUT2D eigenvalue weighted by molar-refractivity contribution is 5.18. The summed E-state index contributed by atoms with van der Waals surface area (Å²) in [5.41, 5.74) is 2.21. The third kappa shape index (κ3) is 1.04. The van der Waals surface area contributed by atoms with Crippen molar-refractivity contribution < 1.29 is 0 Å². The van der Waals surface area contributed by atoms with Crippen LogP contribution in [-0.4, -0.2) is 0 Å². The second-order valence-corrected chi connectivity index (χ2v) is 6.70. The van der Waals surface area contributed by atoms with Crippen LogP contribution >= 0.6 is 0 Å². The van der Waals surface area contributed by atoms with Gasteiger partial charge in [-0.1, -0.05) is 26.0 Å². The van der Waals surface area contributed by atoms with Crippen LogP contribution in [0.5, 0.6) is 0 Å². The summed E-state index contributed by atoms with van der Waals surface area (Å²) < 4.78 is 0. The van der Waals surface area contributed by atoms with Crippen molar-refractivity contribution in [2.24, 2.45) is 35.0 Å². The van der Waals surface area contributed by atoms with Crippen LogP contribution in [0, 0.1) is 35.0 Å². The molecule has 84 valence electrons. The van der Waals surface area contributed by atoms with Crippen molar-refractivity contribution >= 4 is 0 Å². The van der Waals surface area contributed by atoms with Crippen molar-refractivity contribution in [3.8, 4) is 0 Å². The first-order valence-corrected chi connectivity index (χ1v) is 6.71. The van der Waals surface area contributed by atoms with Gasteiger partial charge >= 0.3 is 0 Å². The van der Waals surface area contributed by atoms with Crippen LogP contribution in [0.1, 0.15) is 46.5 Å². The Morgan fingerprint density at radius 3 is 2.67 bits per heavy atom. The second-order valence-electron chi connectivity index (χ2n) is 6.70. The number of fused-ring (bicyclic) bond motifs is 1. The molecule has 0 heteroatoms. The minimum absolute atomic E-state index is 0.744. The van der Waals surface area contributed by atoms with Gasteiger partial charge in [0.2, 0.25) is 0 Å². The van der Waals surface area contributed by atoms with E-state index in [1.54, 1.807) is 6.42 Å². The molecule has 0 saturated heterocycles. The van der Waals surface area contributed by atoms with Crippen LogP contribution in [0.2, 0.25) is 0 Å². The van der Waals surface area contributed by atoms with Gasteiger partial charge in [-0.25, -0.2) is 0 Å². The molecule has 0 aromatic carbocycles. The van der Waals surface area contributed by atoms with Crippen LogP contribution in [0.4, 0.5) is 0 Å². The number of allylic oxidation sites excluding steroid dienone is 1. The lowest BCUT2D eigenvalue weighted by Gasteiger charge is -2.34. The first kappa shape index (κ1) is 9.93. The Labute approximate surface area is 94.1 Å². The van der Waals surface area contributed by atoms with E-state index in [4.69, 9.17) is 0 Å². The molecule has 0 amide bonds. The summed E-state index contributed by atoms with van der Waals surface area (Å²) in [6.07, 6.45) is 6.12. The Bertz CT molecular complexity index is 303. The van der Waals surface area contributed by atoms with E-state index in [-0.39, 0.29) is 0 Å². The normalized spacial score (nSPS) is 57.1. The van der Waals surface area contributed by atoms with Crippen molar-refractivity contribution in [2.75, 3.05) is 0 Å². The molecule has 3 saturated carbocycles. The van der Waals surface area contributed by atoms with Crippen molar-refractivity contribution in [3.05, 3.63) is 12.2 Å². The maximum Gasteiger partial charge on any atom is -0.0146 e. The molecule has 1 spiro atoms. The molecule has 0 N–H and O–H groups in total. The highest BCUT2D eigenvalue weighted by Gasteiger charge is 2.63. The fourth-order valence-electron chi connectivity index (χ4n) is 5.59. The smallest absolute Gasteiger partial charge is 0.0146 e. The Balaban J connectivity index is 2.00. The van der Waals surface area contributed by atoms with Gasteiger partial charge in [0.15, 0.2) is 0 Å². The molecule has 3 rings (SSSR count). The summed E-state index contributed by atoms with van der Waals surface area (Å²) in [4.78, 5) is 0. The molecule has 2 bridgehead atoms. The van der Waals surface area contributed by atoms with Crippen LogP contribution in [0.25, 0.3) is 0 Å². The summed E-state index contributed by atoms with van der Waals surface area (Å²) >= 11 is 0. The first-order chi connectivity index (χ1) is 7.06. The van der Waals surface area contributed by atoms with Gasteiger partial charge in [-0.3, -0.25) is 0 Å². The molecule has 15 heavy (non-hydrogen) atoms. The Hall–Kier alpha value is -0.260. The lowest BCUT2D eigenvalue weighted by Crippen LogP contribution is -2.27. The SMILES string of the molecule is C=C(C)C1C(C)C(C)C23CCC(CC12)C3. The molecule has 0 aliphatic heterocycles. The van der Waals surface area contributed by atoms with E-state index in [1.807, 2.05) is 0 Å². The zero-order valence-electron chi connectivity index (χ0n) is 10.4. The van der Waals surface area contributed by atoms with Gasteiger partial charge in [-0.2, -0.15) is 0 Å². The largest absolute Gasteiger partial charge is 0.0998 e. The van der Waals surface area contributed by atoms with Gasteiger partial charge in [-0.15, -0.1) is 0 Å². The van der Waals surface area contributed by atoms with E-state index in [0.29, 0.717) is 0 Å². The topological polar surface area (TPSA) is 0 Å². The van der Waals surface area contributed by atoms with Crippen molar-refractivity contribution in [3.63, 3.8) is 0 Å². The quantitative estimate of drug-likeness (QED) is 0.559. The Kier molecular flexibility index (Phi) is 1.92. The zero-order valence-corrected chi connectivity index (χ0v) is 10.4. The second kappa shape index (κ2) is 2.90. The minimum Gasteiger partial charge on any atom is -0.0998 e. The highest BCUT2D eigenvalue weighted by atomic mass is 14.7. The highest BCUT2D eigenvalue weighted by Crippen LogP contribution is 2.71. The molecule has 0 heterocycles. The Morgan fingerprint density at radius 1 is 1.33 bits per heavy atom. The van der Waals surface area contributed by atoms with Crippen LogP contribution in [0.3, 0.4) is 0 Å². The summed E-state index contributed by atoms with van der Waals surface area (Å²) in [6.45, 7) is 11.5. The fourth-order valence-corrected chi connectivity index (χ4v) is 5.59. The van der Waals surface area contributed by atoms with Gasteiger partial charge in [0, 0.05) is 0 Å². The number of hydrogen-bond donors (Lipinski definition) is 0. The number of hydrogen-bond acceptors (Lipinski definition) is 0. The predicted octanol–water partition coefficient (Wildman–Crippen LogP) is 4.27. The van der Waals surface area contributed by atoms with Gasteiger partial charge in [0.05, 0.1) is 0 Å². The first-order valence-electron chi connectivity index (χ1n) is 6.71. The summed E-state index contributed by atoms with van der Waals surface area (Å²) in [7, 11) is 0. The molecule has 0 radical (unpaired) electrons. The Morgan fingerprint density at radius 2 is 2.07 bits per heavy atom. The van der Waals surface area contributed by atoms with Crippen molar-refractivity contribution in [1.29, 1.82) is 0 Å². The fraction of sp³-hybridized carbons (Fsp3) is 0.867. The minimum atomic E-state index is 0.744. The molecule has 6 unspecified atom stereocenters. The average molecular weight is 204 g/mol. The summed E-state index contributed by atoms with van der Waals surface area (Å²) in [5, 5.41) is 0. The molecule has 3 aliphatic rings. The van der Waals surface area contributed by atoms with Crippen molar-refractivity contribution in [1.82, 2.24) is 0 Å². The van der Waals surface area contributed by atoms with Gasteiger partial charge in [0.25, 0.3) is 0 Å². The van der Waals surface area contributed by atoms with E-state index >= 15 is 0 Å². The van der Waals surface area contributed by atoms with E-state index in [9.17, 15) is 0 Å². The zero-order chi connectivity index (χ0) is 10.8. The molecule has 0 nitrogen and oxygen atoms in total. The van der Waals surface area contributed by atoms with E-state index in [1.165, 1.54) is 24.8 Å². The van der Waals surface area contributed by atoms with Crippen molar-refractivity contribution in [2.45, 2.75) is 46.5 Å². The molecular weight excluding hydrogens is 180 g/mol. The van der Waals surface area contributed by atoms with Crippen LogP contribution in [-0.2, 0) is 0 Å². The standard InChI is InChI=1S/C15H24/c1-9(2)14-10(3)11(4)15-6-5-12(8-15)7-13(14)15/h10-14H,1,5-8H2,2-4H3. The van der Waals surface area contributed by atoms with Gasteiger partial charge in [0.1, 0.15) is 0 Å². The predicted molar refractivity (Wildman–Crippen MR) is 64.5 cm³/mol. The molecule has 6 atom stereocenters. The lowest BCUT2D eigenvalue weighted by atomic mass is 9.71. The molecule has 3 aliphatic carbocycles. The van der Waals surface area contributed by atoms with Crippen LogP contribution in [0.15, 0.2) is 12.2 Å². The maximum absolute atomic E-state index is 4.26. The average Bonchev–Trinajstić information content (AvgIpc) is 2.78. The molecule has 3 fully saturated rings. The molecule has 0 aromatic rings. The van der Waals surface area contributed by atoms with E-state index < -0.39 is 0 Å². The summed E-state index contributed by atoms with van der Waals surface area (Å²) in [5.74, 6) is 4.74. The van der Waals surface area contributed by atoms with E-state index in [2.05, 4.69) is 27.4 Å². The third-order valence-corrected chi connectivity index (χ3v) is 6.28. The monoisotopic (exact) mass is 204 g/mol. The maximum atomic E-state index is 4.26.